The van der Waals surface area contributed by atoms with Crippen molar-refractivity contribution in [3.8, 4) is 0 Å². The average Bonchev–Trinajstić information content (AvgIpc) is 2.37. The van der Waals surface area contributed by atoms with E-state index < -0.39 is 23.4 Å². The third-order valence-electron chi connectivity index (χ3n) is 2.28. The molecule has 9 heteroatoms. The zero-order valence-electron chi connectivity index (χ0n) is 10.4. The van der Waals surface area contributed by atoms with E-state index in [0.29, 0.717) is 0 Å². The average molecular weight is 283 g/mol. The molecule has 0 radical (unpaired) electrons. The Hall–Kier alpha value is -2.68. The summed E-state index contributed by atoms with van der Waals surface area (Å²) in [6, 6.07) is 3.90. The Morgan fingerprint density at radius 1 is 1.45 bits per heavy atom. The van der Waals surface area contributed by atoms with E-state index in [9.17, 15) is 19.7 Å². The molecule has 0 saturated carbocycles. The summed E-state index contributed by atoms with van der Waals surface area (Å²) in [4.78, 5) is 31.9. The van der Waals surface area contributed by atoms with Crippen molar-refractivity contribution >= 4 is 23.3 Å². The van der Waals surface area contributed by atoms with E-state index >= 15 is 0 Å². The third kappa shape index (κ3) is 4.21. The fraction of sp³-hybridized carbons (Fsp3) is 0.273. The van der Waals surface area contributed by atoms with Gasteiger partial charge in [0.1, 0.15) is 12.3 Å². The van der Waals surface area contributed by atoms with Crippen LogP contribution in [-0.4, -0.2) is 41.7 Å². The fourth-order valence-electron chi connectivity index (χ4n) is 1.40. The van der Waals surface area contributed by atoms with Gasteiger partial charge >= 0.3 is 5.97 Å². The van der Waals surface area contributed by atoms with E-state index in [4.69, 9.17) is 15.6 Å². The van der Waals surface area contributed by atoms with Crippen LogP contribution >= 0.6 is 0 Å². The standard InChI is InChI=1S/C11H13N3O6/c12-10-7(2-1-3-8(10)14(18)19)11(17)13-4-5-20-6-9(15)16/h1-3H,4-6,12H2,(H,13,17)(H,15,16). The molecular weight excluding hydrogens is 270 g/mol. The number of carboxylic acids is 1. The van der Waals surface area contributed by atoms with Gasteiger partial charge < -0.3 is 20.9 Å². The molecule has 108 valence electrons. The highest BCUT2D eigenvalue weighted by molar-refractivity contribution is 6.00. The second-order valence-electron chi connectivity index (χ2n) is 3.70. The topological polar surface area (TPSA) is 145 Å². The maximum atomic E-state index is 11.8. The van der Waals surface area contributed by atoms with Gasteiger partial charge in [-0.25, -0.2) is 4.79 Å². The van der Waals surface area contributed by atoms with Crippen LogP contribution < -0.4 is 11.1 Å². The smallest absolute Gasteiger partial charge is 0.329 e. The molecule has 0 aliphatic carbocycles. The Balaban J connectivity index is 2.58. The number of nitrogens with one attached hydrogen (secondary N) is 1. The first kappa shape index (κ1) is 15.4. The number of amides is 1. The van der Waals surface area contributed by atoms with Crippen LogP contribution in [-0.2, 0) is 9.53 Å². The minimum Gasteiger partial charge on any atom is -0.480 e. The Labute approximate surface area is 113 Å². The number of para-hydroxylation sites is 1. The molecule has 1 rings (SSSR count). The predicted octanol–water partition coefficient (Wildman–Crippen LogP) is 0.00800. The second kappa shape index (κ2) is 7.04. The molecule has 9 nitrogen and oxygen atoms in total. The minimum atomic E-state index is -1.11. The molecule has 1 aromatic carbocycles. The number of carboxylic acid groups (broad SMARTS) is 1. The van der Waals surface area contributed by atoms with Gasteiger partial charge in [-0.1, -0.05) is 6.07 Å². The highest BCUT2D eigenvalue weighted by atomic mass is 16.6. The van der Waals surface area contributed by atoms with Gasteiger partial charge in [0.15, 0.2) is 0 Å². The monoisotopic (exact) mass is 283 g/mol. The van der Waals surface area contributed by atoms with Crippen LogP contribution in [0.1, 0.15) is 10.4 Å². The number of benzene rings is 1. The quantitative estimate of drug-likeness (QED) is 0.276. The summed E-state index contributed by atoms with van der Waals surface area (Å²) < 4.78 is 4.72. The van der Waals surface area contributed by atoms with E-state index in [-0.39, 0.29) is 30.1 Å². The molecule has 20 heavy (non-hydrogen) atoms. The molecule has 0 spiro atoms. The van der Waals surface area contributed by atoms with Crippen LogP contribution in [0.2, 0.25) is 0 Å². The zero-order chi connectivity index (χ0) is 15.1. The first-order chi connectivity index (χ1) is 9.43. The minimum absolute atomic E-state index is 0.00682. The number of hydrogen-bond acceptors (Lipinski definition) is 6. The lowest BCUT2D eigenvalue weighted by atomic mass is 10.1. The van der Waals surface area contributed by atoms with Gasteiger partial charge in [-0.2, -0.15) is 0 Å². The predicted molar refractivity (Wildman–Crippen MR) is 68.3 cm³/mol. The van der Waals surface area contributed by atoms with Gasteiger partial charge in [-0.05, 0) is 6.07 Å². The van der Waals surface area contributed by atoms with Gasteiger partial charge in [0.2, 0.25) is 0 Å². The van der Waals surface area contributed by atoms with Crippen LogP contribution in [0.15, 0.2) is 18.2 Å². The summed E-state index contributed by atoms with van der Waals surface area (Å²) in [6.45, 7) is -0.393. The number of nitrogens with two attached hydrogens (primary N) is 1. The Bertz CT molecular complexity index is 531. The summed E-state index contributed by atoms with van der Waals surface area (Å²) in [5, 5.41) is 21.4. The Morgan fingerprint density at radius 3 is 2.75 bits per heavy atom. The Kier molecular flexibility index (Phi) is 5.42. The maximum absolute atomic E-state index is 11.8. The van der Waals surface area contributed by atoms with Gasteiger partial charge in [-0.15, -0.1) is 0 Å². The number of aliphatic carboxylic acids is 1. The van der Waals surface area contributed by atoms with E-state index in [1.54, 1.807) is 0 Å². The Morgan fingerprint density at radius 2 is 2.15 bits per heavy atom. The number of nitrogens with zero attached hydrogens (tertiary/aromatic N) is 1. The molecular formula is C11H13N3O6. The maximum Gasteiger partial charge on any atom is 0.329 e. The first-order valence-electron chi connectivity index (χ1n) is 5.54. The van der Waals surface area contributed by atoms with Crippen LogP contribution in [0.3, 0.4) is 0 Å². The van der Waals surface area contributed by atoms with Crippen molar-refractivity contribution in [2.45, 2.75) is 0 Å². The number of nitro groups is 1. The summed E-state index contributed by atoms with van der Waals surface area (Å²) in [5.74, 6) is -1.70. The number of hydrogen-bond donors (Lipinski definition) is 3. The molecule has 4 N–H and O–H groups in total. The van der Waals surface area contributed by atoms with E-state index in [1.807, 2.05) is 0 Å². The number of nitrogen functional groups attached to an aromatic ring is 1. The summed E-state index contributed by atoms with van der Waals surface area (Å²) in [7, 11) is 0. The summed E-state index contributed by atoms with van der Waals surface area (Å²) in [5.41, 5.74) is 4.96. The summed E-state index contributed by atoms with van der Waals surface area (Å²) >= 11 is 0. The highest BCUT2D eigenvalue weighted by Crippen LogP contribution is 2.24. The van der Waals surface area contributed by atoms with Crippen molar-refractivity contribution in [2.24, 2.45) is 0 Å². The van der Waals surface area contributed by atoms with Crippen LogP contribution in [0, 0.1) is 10.1 Å². The number of anilines is 1. The molecule has 0 aliphatic rings. The lowest BCUT2D eigenvalue weighted by Gasteiger charge is -2.07. The molecule has 0 saturated heterocycles. The van der Waals surface area contributed by atoms with Crippen molar-refractivity contribution < 1.29 is 24.4 Å². The number of ether oxygens (including phenoxy) is 1. The zero-order valence-corrected chi connectivity index (χ0v) is 10.4. The SMILES string of the molecule is Nc1c(C(=O)NCCOCC(=O)O)cccc1[N+](=O)[O-]. The molecule has 0 aromatic heterocycles. The van der Waals surface area contributed by atoms with Gasteiger partial charge in [0.25, 0.3) is 11.6 Å². The molecule has 1 aromatic rings. The third-order valence-corrected chi connectivity index (χ3v) is 2.28. The van der Waals surface area contributed by atoms with Gasteiger partial charge in [0.05, 0.1) is 17.1 Å². The molecule has 0 heterocycles. The van der Waals surface area contributed by atoms with Crippen LogP contribution in [0.5, 0.6) is 0 Å². The normalized spacial score (nSPS) is 10.0. The van der Waals surface area contributed by atoms with Crippen molar-refractivity contribution in [1.29, 1.82) is 0 Å². The van der Waals surface area contributed by atoms with Crippen molar-refractivity contribution in [2.75, 3.05) is 25.5 Å². The molecule has 0 fully saturated rings. The number of nitro benzene ring substituents is 1. The van der Waals surface area contributed by atoms with Crippen molar-refractivity contribution in [3.63, 3.8) is 0 Å². The van der Waals surface area contributed by atoms with Crippen LogP contribution in [0.4, 0.5) is 11.4 Å². The molecule has 1 amide bonds. The number of rotatable bonds is 7. The van der Waals surface area contributed by atoms with Crippen LogP contribution in [0.25, 0.3) is 0 Å². The molecule has 0 unspecified atom stereocenters. The number of carbonyl (C=O) groups excluding carboxylic acids is 1. The van der Waals surface area contributed by atoms with E-state index in [1.165, 1.54) is 18.2 Å². The van der Waals surface area contributed by atoms with Crippen molar-refractivity contribution in [1.82, 2.24) is 5.32 Å². The number of carbonyl (C=O) groups is 2. The molecule has 0 aliphatic heterocycles. The van der Waals surface area contributed by atoms with Gasteiger partial charge in [-0.3, -0.25) is 14.9 Å². The van der Waals surface area contributed by atoms with Crippen molar-refractivity contribution in [3.05, 3.63) is 33.9 Å². The summed E-state index contributed by atoms with van der Waals surface area (Å²) in [6.07, 6.45) is 0. The lowest BCUT2D eigenvalue weighted by molar-refractivity contribution is -0.383. The lowest BCUT2D eigenvalue weighted by Crippen LogP contribution is -2.28. The van der Waals surface area contributed by atoms with E-state index in [2.05, 4.69) is 5.32 Å². The largest absolute Gasteiger partial charge is 0.480 e. The second-order valence-corrected chi connectivity index (χ2v) is 3.70. The first-order valence-corrected chi connectivity index (χ1v) is 5.54. The van der Waals surface area contributed by atoms with Gasteiger partial charge in [0, 0.05) is 12.6 Å². The van der Waals surface area contributed by atoms with E-state index in [0.717, 1.165) is 0 Å². The highest BCUT2D eigenvalue weighted by Gasteiger charge is 2.18. The fourth-order valence-corrected chi connectivity index (χ4v) is 1.40. The molecule has 0 atom stereocenters. The molecule has 0 bridgehead atoms.